The van der Waals surface area contributed by atoms with Gasteiger partial charge < -0.3 is 14.8 Å². The lowest BCUT2D eigenvalue weighted by atomic mass is 9.57. The van der Waals surface area contributed by atoms with Crippen molar-refractivity contribution in [3.63, 3.8) is 0 Å². The van der Waals surface area contributed by atoms with Gasteiger partial charge >= 0.3 is 6.03 Å². The van der Waals surface area contributed by atoms with Crippen LogP contribution >= 0.6 is 0 Å². The first-order valence-corrected chi connectivity index (χ1v) is 12.7. The number of halogens is 2. The standard InChI is InChI=1S/C25H30F2N6O/c26-18-6-19(27)20(28-10-18)5-15-3-4-24(7-15)11-32(12-24)23(34)33-13-25(14-33)8-17(9-25)22-29-21(30-31-22)16-1-2-16/h6,10,15-17H,1-5,7-9,11-14H2,(H,29,30,31)/t15-/m1/s1. The predicted octanol–water partition coefficient (Wildman–Crippen LogP) is 4.00. The molecule has 0 radical (unpaired) electrons. The van der Waals surface area contributed by atoms with E-state index in [2.05, 4.69) is 20.2 Å². The van der Waals surface area contributed by atoms with Crippen LogP contribution in [0.5, 0.6) is 0 Å². The number of aromatic amines is 1. The van der Waals surface area contributed by atoms with Gasteiger partial charge in [-0.25, -0.2) is 13.6 Å². The molecule has 1 atom stereocenters. The summed E-state index contributed by atoms with van der Waals surface area (Å²) in [5.41, 5.74) is 0.807. The molecule has 2 aliphatic heterocycles. The molecule has 0 bridgehead atoms. The lowest BCUT2D eigenvalue weighted by Crippen LogP contribution is -2.69. The minimum absolute atomic E-state index is 0.171. The SMILES string of the molecule is O=C(N1CC2(CC(c3nnc(C4CC4)[nH]3)C2)C1)N1CC2(CC[C@H](Cc3ncc(F)cc3F)C2)C1. The van der Waals surface area contributed by atoms with Gasteiger partial charge in [0.2, 0.25) is 0 Å². The van der Waals surface area contributed by atoms with Gasteiger partial charge in [0, 0.05) is 54.9 Å². The van der Waals surface area contributed by atoms with Crippen molar-refractivity contribution in [3.8, 4) is 0 Å². The summed E-state index contributed by atoms with van der Waals surface area (Å²) in [5.74, 6) is 2.31. The number of carbonyl (C=O) groups excluding carboxylic acids is 1. The number of urea groups is 1. The molecule has 5 fully saturated rings. The molecule has 9 heteroatoms. The fourth-order valence-corrected chi connectivity index (χ4v) is 7.10. The predicted molar refractivity (Wildman–Crippen MR) is 119 cm³/mol. The van der Waals surface area contributed by atoms with Gasteiger partial charge in [0.05, 0.1) is 11.9 Å². The van der Waals surface area contributed by atoms with Gasteiger partial charge in [0.1, 0.15) is 23.3 Å². The molecule has 3 saturated carbocycles. The first kappa shape index (κ1) is 20.8. The molecule has 3 aliphatic carbocycles. The Balaban J connectivity index is 0.875. The highest BCUT2D eigenvalue weighted by atomic mass is 19.1. The molecule has 7 rings (SSSR count). The Morgan fingerprint density at radius 3 is 2.32 bits per heavy atom. The summed E-state index contributed by atoms with van der Waals surface area (Å²) < 4.78 is 27.1. The smallest absolute Gasteiger partial charge is 0.320 e. The van der Waals surface area contributed by atoms with Crippen molar-refractivity contribution < 1.29 is 13.6 Å². The van der Waals surface area contributed by atoms with Crippen LogP contribution in [0.4, 0.5) is 13.6 Å². The van der Waals surface area contributed by atoms with E-state index in [9.17, 15) is 13.6 Å². The molecule has 180 valence electrons. The van der Waals surface area contributed by atoms with Crippen molar-refractivity contribution >= 4 is 6.03 Å². The van der Waals surface area contributed by atoms with Crippen LogP contribution in [0.1, 0.15) is 74.1 Å². The van der Waals surface area contributed by atoms with E-state index >= 15 is 0 Å². The molecule has 0 unspecified atom stereocenters. The number of pyridine rings is 1. The molecular weight excluding hydrogens is 438 g/mol. The Labute approximate surface area is 197 Å². The summed E-state index contributed by atoms with van der Waals surface area (Å²) in [7, 11) is 0. The zero-order valence-electron chi connectivity index (χ0n) is 19.3. The Hall–Kier alpha value is -2.58. The quantitative estimate of drug-likeness (QED) is 0.736. The van der Waals surface area contributed by atoms with Crippen LogP contribution in [0.3, 0.4) is 0 Å². The van der Waals surface area contributed by atoms with Crippen LogP contribution < -0.4 is 0 Å². The van der Waals surface area contributed by atoms with E-state index in [0.717, 1.165) is 82.2 Å². The van der Waals surface area contributed by atoms with Gasteiger partial charge in [-0.1, -0.05) is 0 Å². The largest absolute Gasteiger partial charge is 0.328 e. The first-order valence-electron chi connectivity index (χ1n) is 12.7. The Bertz CT molecular complexity index is 1130. The van der Waals surface area contributed by atoms with Crippen LogP contribution in [0, 0.1) is 28.4 Å². The lowest BCUT2D eigenvalue weighted by molar-refractivity contribution is -0.0706. The number of likely N-dealkylation sites (tertiary alicyclic amines) is 2. The zero-order valence-corrected chi connectivity index (χ0v) is 19.3. The second-order valence-corrected chi connectivity index (χ2v) is 11.9. The summed E-state index contributed by atoms with van der Waals surface area (Å²) in [4.78, 5) is 24.4. The number of rotatable bonds is 4. The number of nitrogens with zero attached hydrogens (tertiary/aromatic N) is 5. The monoisotopic (exact) mass is 468 g/mol. The molecule has 2 amide bonds. The summed E-state index contributed by atoms with van der Waals surface area (Å²) in [6.07, 6.45) is 9.34. The first-order chi connectivity index (χ1) is 16.4. The molecule has 7 nitrogen and oxygen atoms in total. The minimum atomic E-state index is -0.636. The Morgan fingerprint density at radius 2 is 1.65 bits per heavy atom. The van der Waals surface area contributed by atoms with E-state index in [1.807, 2.05) is 9.80 Å². The number of hydrogen-bond acceptors (Lipinski definition) is 4. The van der Waals surface area contributed by atoms with Crippen LogP contribution in [-0.2, 0) is 6.42 Å². The Morgan fingerprint density at radius 1 is 0.971 bits per heavy atom. The van der Waals surface area contributed by atoms with Crippen molar-refractivity contribution in [3.05, 3.63) is 41.2 Å². The van der Waals surface area contributed by atoms with Crippen molar-refractivity contribution in [1.82, 2.24) is 30.0 Å². The third-order valence-electron chi connectivity index (χ3n) is 9.05. The molecule has 2 spiro atoms. The molecule has 5 aliphatic rings. The summed E-state index contributed by atoms with van der Waals surface area (Å²) in [6.45, 7) is 3.31. The maximum absolute atomic E-state index is 14.0. The highest BCUT2D eigenvalue weighted by Gasteiger charge is 2.57. The molecule has 2 aromatic rings. The maximum Gasteiger partial charge on any atom is 0.320 e. The molecule has 1 N–H and O–H groups in total. The van der Waals surface area contributed by atoms with Crippen molar-refractivity contribution in [1.29, 1.82) is 0 Å². The summed E-state index contributed by atoms with van der Waals surface area (Å²) in [5, 5.41) is 8.69. The maximum atomic E-state index is 14.0. The molecule has 2 aromatic heterocycles. The van der Waals surface area contributed by atoms with E-state index in [-0.39, 0.29) is 16.9 Å². The number of carbonyl (C=O) groups is 1. The highest BCUT2D eigenvalue weighted by molar-refractivity contribution is 5.77. The van der Waals surface area contributed by atoms with Gasteiger partial charge in [0.25, 0.3) is 0 Å². The van der Waals surface area contributed by atoms with E-state index in [0.29, 0.717) is 29.9 Å². The van der Waals surface area contributed by atoms with Gasteiger partial charge in [-0.05, 0) is 57.3 Å². The van der Waals surface area contributed by atoms with Crippen LogP contribution in [-0.4, -0.2) is 62.2 Å². The molecule has 2 saturated heterocycles. The van der Waals surface area contributed by atoms with E-state index in [1.165, 1.54) is 12.8 Å². The third-order valence-corrected chi connectivity index (χ3v) is 9.05. The third kappa shape index (κ3) is 3.41. The second-order valence-electron chi connectivity index (χ2n) is 11.9. The van der Waals surface area contributed by atoms with Crippen LogP contribution in [0.2, 0.25) is 0 Å². The molecule has 4 heterocycles. The fraction of sp³-hybridized carbons (Fsp3) is 0.680. The van der Waals surface area contributed by atoms with E-state index < -0.39 is 11.6 Å². The lowest BCUT2D eigenvalue weighted by Gasteiger charge is -2.60. The van der Waals surface area contributed by atoms with Gasteiger partial charge in [-0.3, -0.25) is 4.98 Å². The Kier molecular flexibility index (Phi) is 4.40. The van der Waals surface area contributed by atoms with Gasteiger partial charge in [-0.15, -0.1) is 10.2 Å². The van der Waals surface area contributed by atoms with Crippen LogP contribution in [0.15, 0.2) is 12.3 Å². The number of hydrogen-bond donors (Lipinski definition) is 1. The molecular formula is C25H30F2N6O. The molecule has 0 aromatic carbocycles. The van der Waals surface area contributed by atoms with Crippen molar-refractivity contribution in [2.75, 3.05) is 26.2 Å². The summed E-state index contributed by atoms with van der Waals surface area (Å²) >= 11 is 0. The van der Waals surface area contributed by atoms with Gasteiger partial charge in [-0.2, -0.15) is 0 Å². The van der Waals surface area contributed by atoms with E-state index in [1.54, 1.807) is 0 Å². The van der Waals surface area contributed by atoms with Crippen molar-refractivity contribution in [2.45, 2.75) is 63.2 Å². The molecule has 34 heavy (non-hydrogen) atoms. The van der Waals surface area contributed by atoms with Crippen molar-refractivity contribution in [2.24, 2.45) is 16.7 Å². The van der Waals surface area contributed by atoms with Crippen LogP contribution in [0.25, 0.3) is 0 Å². The number of nitrogens with one attached hydrogen (secondary N) is 1. The average Bonchev–Trinajstić information content (AvgIpc) is 3.30. The van der Waals surface area contributed by atoms with Gasteiger partial charge in [0.15, 0.2) is 0 Å². The fourth-order valence-electron chi connectivity index (χ4n) is 7.10. The number of aromatic nitrogens is 4. The normalized spacial score (nSPS) is 27.1. The summed E-state index contributed by atoms with van der Waals surface area (Å²) in [6, 6.07) is 1.09. The topological polar surface area (TPSA) is 78.0 Å². The average molecular weight is 469 g/mol. The second kappa shape index (κ2) is 7.21. The number of amides is 2. The number of H-pyrrole nitrogens is 1. The minimum Gasteiger partial charge on any atom is -0.328 e. The highest BCUT2D eigenvalue weighted by Crippen LogP contribution is 2.56. The van der Waals surface area contributed by atoms with E-state index in [4.69, 9.17) is 0 Å². The zero-order chi connectivity index (χ0) is 23.1.